The normalized spacial score (nSPS) is 1.50. The van der Waals surface area contributed by atoms with E-state index in [1.54, 1.807) is 0 Å². The monoisotopic (exact) mass is 220 g/mol. The van der Waals surface area contributed by atoms with Crippen molar-refractivity contribution >= 4 is 81.1 Å². The first kappa shape index (κ1) is 29.9. The predicted octanol–water partition coefficient (Wildman–Crippen LogP) is -3.84. The van der Waals surface area contributed by atoms with Crippen molar-refractivity contribution in [2.24, 2.45) is 0 Å². The quantitative estimate of drug-likeness (QED) is 0.390. The Bertz CT molecular complexity index is 21.6. The van der Waals surface area contributed by atoms with E-state index < -0.39 is 0 Å². The van der Waals surface area contributed by atoms with Crippen molar-refractivity contribution in [2.75, 3.05) is 0 Å². The average Bonchev–Trinajstić information content (AvgIpc) is 2.20. The maximum atomic E-state index is 8.28. The Kier molecular flexibility index (Phi) is 1080. The summed E-state index contributed by atoms with van der Waals surface area (Å²) in [5.41, 5.74) is 0. The Morgan fingerprint density at radius 3 is 0.300 bits per heavy atom. The maximum absolute atomic E-state index is 8.28. The van der Waals surface area contributed by atoms with Crippen molar-refractivity contribution in [2.45, 2.75) is 0 Å². The average molecular weight is 220 g/mol. The molecule has 10 heavy (non-hydrogen) atoms. The fourth-order valence-electron chi connectivity index (χ4n) is 0. The first-order valence-corrected chi connectivity index (χ1v) is 4.33. The Labute approximate surface area is 99.1 Å². The molecule has 50 valence electrons. The van der Waals surface area contributed by atoms with Gasteiger partial charge in [-0.15, -0.1) is 0 Å². The number of hydrogen-bond donors (Lipinski definition) is 0. The number of rotatable bonds is 0. The van der Waals surface area contributed by atoms with E-state index >= 15 is 0 Å². The van der Waals surface area contributed by atoms with E-state index in [2.05, 4.69) is 0 Å². The summed E-state index contributed by atoms with van der Waals surface area (Å²) in [6.45, 7) is 0. The summed E-state index contributed by atoms with van der Waals surface area (Å²) in [4.78, 5) is 0. The molecular formula is H5Al5O5. The first-order valence-electron chi connectivity index (χ1n) is 1.44. The van der Waals surface area contributed by atoms with Crippen LogP contribution in [0.1, 0.15) is 0 Å². The summed E-state index contributed by atoms with van der Waals surface area (Å²) in [5, 5.41) is 0. The van der Waals surface area contributed by atoms with Gasteiger partial charge >= 0.3 is 100 Å². The van der Waals surface area contributed by atoms with Gasteiger partial charge in [0.15, 0.2) is 0 Å². The molecule has 0 fully saturated rings. The van der Waals surface area contributed by atoms with Crippen LogP contribution in [-0.4, -0.2) is 81.1 Å². The van der Waals surface area contributed by atoms with Crippen LogP contribution in [0.5, 0.6) is 0 Å². The molecular weight excluding hydrogens is 215 g/mol. The van der Waals surface area contributed by atoms with Gasteiger partial charge in [0, 0.05) is 0 Å². The molecule has 0 heterocycles. The topological polar surface area (TPSA) is 85.3 Å². The second-order valence-corrected chi connectivity index (χ2v) is 0. The van der Waals surface area contributed by atoms with E-state index in [1.807, 2.05) is 0 Å². The minimum atomic E-state index is 0.611. The zero-order valence-corrected chi connectivity index (χ0v) is 12.6. The summed E-state index contributed by atoms with van der Waals surface area (Å²) in [5.74, 6) is 0. The van der Waals surface area contributed by atoms with Crippen molar-refractivity contribution in [3.8, 4) is 0 Å². The summed E-state index contributed by atoms with van der Waals surface area (Å²) >= 11 is 3.06. The van der Waals surface area contributed by atoms with Gasteiger partial charge in [-0.25, -0.2) is 0 Å². The van der Waals surface area contributed by atoms with Crippen molar-refractivity contribution in [1.29, 1.82) is 0 Å². The van der Waals surface area contributed by atoms with E-state index in [1.165, 1.54) is 0 Å². The SMILES string of the molecule is [O]=[AlH].[O]=[AlH].[O]=[AlH].[O]=[AlH].[O]=[AlH]. The molecule has 0 spiro atoms. The summed E-state index contributed by atoms with van der Waals surface area (Å²) < 4.78 is 41.4. The summed E-state index contributed by atoms with van der Waals surface area (Å²) in [6.07, 6.45) is 0. The predicted molar refractivity (Wildman–Crippen MR) is 39.2 cm³/mol. The molecule has 0 aliphatic rings. The van der Waals surface area contributed by atoms with Crippen molar-refractivity contribution in [3.63, 3.8) is 0 Å². The molecule has 0 saturated carbocycles. The molecule has 0 amide bonds. The van der Waals surface area contributed by atoms with Gasteiger partial charge in [-0.3, -0.25) is 0 Å². The third-order valence-corrected chi connectivity index (χ3v) is 0. The second-order valence-electron chi connectivity index (χ2n) is 0. The van der Waals surface area contributed by atoms with Gasteiger partial charge < -0.3 is 0 Å². The molecule has 0 aromatic carbocycles. The van der Waals surface area contributed by atoms with Crippen LogP contribution in [0.15, 0.2) is 0 Å². The van der Waals surface area contributed by atoms with Crippen LogP contribution in [-0.2, 0) is 19.0 Å². The molecule has 0 unspecified atom stereocenters. The van der Waals surface area contributed by atoms with Gasteiger partial charge in [0.25, 0.3) is 0 Å². The molecule has 0 aliphatic carbocycles. The van der Waals surface area contributed by atoms with Crippen LogP contribution in [0.3, 0.4) is 0 Å². The zero-order chi connectivity index (χ0) is 10.0. The van der Waals surface area contributed by atoms with Crippen LogP contribution in [0.25, 0.3) is 0 Å². The number of hydrogen-bond acceptors (Lipinski definition) is 5. The van der Waals surface area contributed by atoms with Crippen molar-refractivity contribution in [1.82, 2.24) is 0 Å². The molecule has 0 aromatic rings. The molecule has 0 bridgehead atoms. The molecule has 0 aromatic heterocycles. The standard InChI is InChI=1S/5Al.5O.5H. The van der Waals surface area contributed by atoms with Crippen LogP contribution in [0, 0.1) is 0 Å². The van der Waals surface area contributed by atoms with Gasteiger partial charge in [-0.1, -0.05) is 0 Å². The molecule has 10 heteroatoms. The van der Waals surface area contributed by atoms with E-state index in [0.29, 0.717) is 81.1 Å². The molecule has 0 aliphatic heterocycles. The van der Waals surface area contributed by atoms with Gasteiger partial charge in [-0.05, 0) is 0 Å². The van der Waals surface area contributed by atoms with Crippen LogP contribution in [0.4, 0.5) is 0 Å². The second kappa shape index (κ2) is 360. The Balaban J connectivity index is -0.0000000104. The Morgan fingerprint density at radius 1 is 0.300 bits per heavy atom. The van der Waals surface area contributed by atoms with Gasteiger partial charge in [0.1, 0.15) is 0 Å². The summed E-state index contributed by atoms with van der Waals surface area (Å²) in [7, 11) is 0. The summed E-state index contributed by atoms with van der Waals surface area (Å²) in [6, 6.07) is 0. The fraction of sp³-hybridized carbons (Fsp3) is 0. The fourth-order valence-corrected chi connectivity index (χ4v) is 0. The minimum absolute atomic E-state index is 0.611. The van der Waals surface area contributed by atoms with E-state index in [-0.39, 0.29) is 0 Å². The van der Waals surface area contributed by atoms with Crippen LogP contribution < -0.4 is 0 Å². The third-order valence-electron chi connectivity index (χ3n) is 0. The molecule has 0 atom stereocenters. The molecule has 0 saturated heterocycles. The Hall–Kier alpha value is 1.66. The molecule has 0 rings (SSSR count). The van der Waals surface area contributed by atoms with Crippen LogP contribution in [0.2, 0.25) is 0 Å². The third kappa shape index (κ3) is 262. The molecule has 0 N–H and O–H groups in total. The molecule has 5 nitrogen and oxygen atoms in total. The van der Waals surface area contributed by atoms with Gasteiger partial charge in [0.05, 0.1) is 0 Å². The van der Waals surface area contributed by atoms with Crippen molar-refractivity contribution < 1.29 is 19.0 Å². The van der Waals surface area contributed by atoms with Gasteiger partial charge in [0.2, 0.25) is 0 Å². The van der Waals surface area contributed by atoms with Crippen LogP contribution >= 0.6 is 0 Å². The zero-order valence-electron chi connectivity index (χ0n) is 5.58. The van der Waals surface area contributed by atoms with Gasteiger partial charge in [-0.2, -0.15) is 0 Å². The molecule has 0 radical (unpaired) electrons. The van der Waals surface area contributed by atoms with E-state index in [4.69, 9.17) is 19.0 Å². The van der Waals surface area contributed by atoms with E-state index in [0.717, 1.165) is 0 Å². The van der Waals surface area contributed by atoms with E-state index in [9.17, 15) is 0 Å². The Morgan fingerprint density at radius 2 is 0.300 bits per heavy atom. The first-order chi connectivity index (χ1) is 5.00. The van der Waals surface area contributed by atoms with Crippen molar-refractivity contribution in [3.05, 3.63) is 0 Å².